The second-order valence-corrected chi connectivity index (χ2v) is 11.1. The van der Waals surface area contributed by atoms with Crippen LogP contribution in [0.15, 0.2) is 36.4 Å². The average Bonchev–Trinajstić information content (AvgIpc) is 2.93. The van der Waals surface area contributed by atoms with Crippen molar-refractivity contribution in [3.05, 3.63) is 53.1 Å². The van der Waals surface area contributed by atoms with Crippen molar-refractivity contribution >= 4 is 5.69 Å². The first-order valence-electron chi connectivity index (χ1n) is 13.9. The van der Waals surface area contributed by atoms with Gasteiger partial charge in [0.15, 0.2) is 6.29 Å². The van der Waals surface area contributed by atoms with E-state index in [-0.39, 0.29) is 6.29 Å². The van der Waals surface area contributed by atoms with Gasteiger partial charge < -0.3 is 24.2 Å². The molecule has 1 heterocycles. The van der Waals surface area contributed by atoms with Crippen LogP contribution in [0.25, 0.3) is 0 Å². The summed E-state index contributed by atoms with van der Waals surface area (Å²) in [6.07, 6.45) is 11.0. The van der Waals surface area contributed by atoms with E-state index >= 15 is 0 Å². The van der Waals surface area contributed by atoms with Crippen molar-refractivity contribution in [3.63, 3.8) is 0 Å². The molecule has 1 saturated heterocycles. The smallest absolute Gasteiger partial charge is 0.159 e. The summed E-state index contributed by atoms with van der Waals surface area (Å²) >= 11 is 0. The summed E-state index contributed by atoms with van der Waals surface area (Å²) in [7, 11) is 5.28. The van der Waals surface area contributed by atoms with Crippen LogP contribution in [0.4, 0.5) is 5.69 Å². The van der Waals surface area contributed by atoms with E-state index in [1.54, 1.807) is 14.2 Å². The molecule has 5 heteroatoms. The SMILES string of the molecule is COc1cc(N2CCC(C(OC)OC)CC2)ccc1[C@@H]1c2ccc(O)cc2CC[C@@H]1C1CCCCC1. The van der Waals surface area contributed by atoms with E-state index in [4.69, 9.17) is 14.2 Å². The summed E-state index contributed by atoms with van der Waals surface area (Å²) < 4.78 is 17.1. The molecule has 2 fully saturated rings. The number of nitrogens with zero attached hydrogens (tertiary/aromatic N) is 1. The molecule has 1 N–H and O–H groups in total. The lowest BCUT2D eigenvalue weighted by Gasteiger charge is -2.41. The lowest BCUT2D eigenvalue weighted by atomic mass is 9.64. The van der Waals surface area contributed by atoms with Gasteiger partial charge in [-0.3, -0.25) is 0 Å². The Bertz CT molecular complexity index is 1010. The number of aromatic hydroxyl groups is 1. The first-order chi connectivity index (χ1) is 17.6. The van der Waals surface area contributed by atoms with Gasteiger partial charge in [0.25, 0.3) is 0 Å². The van der Waals surface area contributed by atoms with Crippen LogP contribution in [-0.2, 0) is 15.9 Å². The number of rotatable bonds is 7. The maximum absolute atomic E-state index is 10.2. The zero-order chi connectivity index (χ0) is 25.1. The number of benzene rings is 2. The molecule has 0 aromatic heterocycles. The van der Waals surface area contributed by atoms with Crippen molar-refractivity contribution < 1.29 is 19.3 Å². The molecule has 5 rings (SSSR count). The van der Waals surface area contributed by atoms with Gasteiger partial charge in [-0.25, -0.2) is 0 Å². The fraction of sp³-hybridized carbons (Fsp3) is 0.613. The molecule has 3 aliphatic rings. The fourth-order valence-corrected chi connectivity index (χ4v) is 7.36. The van der Waals surface area contributed by atoms with Crippen molar-refractivity contribution in [3.8, 4) is 11.5 Å². The fourth-order valence-electron chi connectivity index (χ4n) is 7.36. The van der Waals surface area contributed by atoms with Crippen LogP contribution in [0.1, 0.15) is 74.0 Å². The van der Waals surface area contributed by atoms with E-state index in [1.807, 2.05) is 19.2 Å². The Morgan fingerprint density at radius 1 is 0.833 bits per heavy atom. The highest BCUT2D eigenvalue weighted by molar-refractivity contribution is 5.57. The second kappa shape index (κ2) is 11.4. The number of fused-ring (bicyclic) bond motifs is 1. The number of hydrogen-bond acceptors (Lipinski definition) is 5. The van der Waals surface area contributed by atoms with Crippen molar-refractivity contribution in [2.24, 2.45) is 17.8 Å². The first-order valence-corrected chi connectivity index (χ1v) is 13.9. The van der Waals surface area contributed by atoms with Crippen molar-refractivity contribution in [2.45, 2.75) is 70.0 Å². The van der Waals surface area contributed by atoms with E-state index in [9.17, 15) is 5.11 Å². The normalized spacial score (nSPS) is 23.6. The number of phenolic OH excluding ortho intramolecular Hbond substituents is 1. The summed E-state index contributed by atoms with van der Waals surface area (Å²) in [6, 6.07) is 12.9. The third kappa shape index (κ3) is 5.10. The lowest BCUT2D eigenvalue weighted by Crippen LogP contribution is -2.39. The molecule has 1 aliphatic heterocycles. The quantitative estimate of drug-likeness (QED) is 0.446. The first kappa shape index (κ1) is 25.4. The summed E-state index contributed by atoms with van der Waals surface area (Å²) in [5.41, 5.74) is 5.21. The standard InChI is InChI=1S/C31H43NO4/c1-34-29-20-24(32-17-15-22(16-18-32)31(35-2)36-3)10-13-28(29)30-26(21-7-5-4-6-8-21)12-9-23-19-25(33)11-14-27(23)30/h10-11,13-14,19-22,26,30-31,33H,4-9,12,15-18H2,1-3H3/t26-,30+/m1/s1. The number of ether oxygens (including phenoxy) is 3. The van der Waals surface area contributed by atoms with E-state index < -0.39 is 0 Å². The van der Waals surface area contributed by atoms with Gasteiger partial charge in [-0.1, -0.05) is 44.2 Å². The molecule has 0 radical (unpaired) electrons. The molecule has 2 aromatic carbocycles. The van der Waals surface area contributed by atoms with Crippen LogP contribution < -0.4 is 9.64 Å². The molecule has 2 aliphatic carbocycles. The molecule has 2 aromatic rings. The zero-order valence-corrected chi connectivity index (χ0v) is 22.2. The van der Waals surface area contributed by atoms with Gasteiger partial charge in [0.05, 0.1) is 7.11 Å². The highest BCUT2D eigenvalue weighted by Gasteiger charge is 2.38. The number of hydrogen-bond donors (Lipinski definition) is 1. The minimum Gasteiger partial charge on any atom is -0.508 e. The highest BCUT2D eigenvalue weighted by atomic mass is 16.7. The minimum atomic E-state index is -0.119. The Hall–Kier alpha value is -2.24. The van der Waals surface area contributed by atoms with Crippen LogP contribution >= 0.6 is 0 Å². The van der Waals surface area contributed by atoms with Crippen LogP contribution in [-0.4, -0.2) is 45.8 Å². The molecular weight excluding hydrogens is 450 g/mol. The van der Waals surface area contributed by atoms with Crippen molar-refractivity contribution in [2.75, 3.05) is 39.3 Å². The Kier molecular flexibility index (Phi) is 8.07. The van der Waals surface area contributed by atoms with Crippen LogP contribution in [0.5, 0.6) is 11.5 Å². The predicted molar refractivity (Wildman–Crippen MR) is 144 cm³/mol. The third-order valence-electron chi connectivity index (χ3n) is 9.20. The van der Waals surface area contributed by atoms with Gasteiger partial charge in [-0.05, 0) is 66.8 Å². The lowest BCUT2D eigenvalue weighted by molar-refractivity contribution is -0.141. The Morgan fingerprint density at radius 2 is 1.56 bits per heavy atom. The summed E-state index contributed by atoms with van der Waals surface area (Å²) in [4.78, 5) is 2.47. The predicted octanol–water partition coefficient (Wildman–Crippen LogP) is 6.51. The monoisotopic (exact) mass is 493 g/mol. The van der Waals surface area contributed by atoms with Gasteiger partial charge in [0, 0.05) is 56.5 Å². The van der Waals surface area contributed by atoms with Gasteiger partial charge in [-0.15, -0.1) is 0 Å². The zero-order valence-electron chi connectivity index (χ0n) is 22.2. The molecule has 0 spiro atoms. The van der Waals surface area contributed by atoms with E-state index in [0.717, 1.165) is 44.0 Å². The van der Waals surface area contributed by atoms with Crippen molar-refractivity contribution in [1.29, 1.82) is 0 Å². The molecule has 5 nitrogen and oxygen atoms in total. The van der Waals surface area contributed by atoms with E-state index in [1.165, 1.54) is 60.9 Å². The summed E-state index contributed by atoms with van der Waals surface area (Å²) in [5.74, 6) is 3.51. The maximum Gasteiger partial charge on any atom is 0.159 e. The highest BCUT2D eigenvalue weighted by Crippen LogP contribution is 2.50. The minimum absolute atomic E-state index is 0.119. The molecule has 0 unspecified atom stereocenters. The number of piperidine rings is 1. The second-order valence-electron chi connectivity index (χ2n) is 11.1. The number of anilines is 1. The Morgan fingerprint density at radius 3 is 2.25 bits per heavy atom. The molecule has 0 amide bonds. The Labute approximate surface area is 216 Å². The van der Waals surface area contributed by atoms with E-state index in [0.29, 0.717) is 23.5 Å². The van der Waals surface area contributed by atoms with Crippen LogP contribution in [0.2, 0.25) is 0 Å². The van der Waals surface area contributed by atoms with Crippen molar-refractivity contribution in [1.82, 2.24) is 0 Å². The molecule has 36 heavy (non-hydrogen) atoms. The van der Waals surface area contributed by atoms with Gasteiger partial charge in [0.2, 0.25) is 0 Å². The topological polar surface area (TPSA) is 51.2 Å². The van der Waals surface area contributed by atoms with Gasteiger partial charge in [-0.2, -0.15) is 0 Å². The average molecular weight is 494 g/mol. The number of aryl methyl sites for hydroxylation is 1. The summed E-state index contributed by atoms with van der Waals surface area (Å²) in [5, 5.41) is 10.2. The molecule has 0 bridgehead atoms. The largest absolute Gasteiger partial charge is 0.508 e. The molecule has 2 atom stereocenters. The van der Waals surface area contributed by atoms with Gasteiger partial charge >= 0.3 is 0 Å². The molecular formula is C31H43NO4. The molecule has 196 valence electrons. The third-order valence-corrected chi connectivity index (χ3v) is 9.20. The molecule has 1 saturated carbocycles. The Balaban J connectivity index is 1.44. The van der Waals surface area contributed by atoms with Crippen LogP contribution in [0.3, 0.4) is 0 Å². The van der Waals surface area contributed by atoms with E-state index in [2.05, 4.69) is 29.2 Å². The maximum atomic E-state index is 10.2. The summed E-state index contributed by atoms with van der Waals surface area (Å²) in [6.45, 7) is 1.99. The van der Waals surface area contributed by atoms with Gasteiger partial charge in [0.1, 0.15) is 11.5 Å². The number of methoxy groups -OCH3 is 3. The number of phenols is 1. The van der Waals surface area contributed by atoms with Crippen LogP contribution in [0, 0.1) is 17.8 Å².